The monoisotopic (exact) mass is 1900 g/mol. The Morgan fingerprint density at radius 2 is 0.692 bits per heavy atom. The molecule has 130 heavy (non-hydrogen) atoms. The van der Waals surface area contributed by atoms with Crippen LogP contribution in [0.2, 0.25) is 0 Å². The minimum absolute atomic E-state index is 0.0455. The molecule has 2 aliphatic heterocycles. The normalized spacial score (nSPS) is 15.7. The summed E-state index contributed by atoms with van der Waals surface area (Å²) < 4.78 is 41.6. The zero-order valence-corrected chi connectivity index (χ0v) is 85.9. The Balaban J connectivity index is -0.00000147. The van der Waals surface area contributed by atoms with E-state index in [-0.39, 0.29) is 95.8 Å². The summed E-state index contributed by atoms with van der Waals surface area (Å²) in [7, 11) is 0. The van der Waals surface area contributed by atoms with Crippen LogP contribution in [0.25, 0.3) is 0 Å². The van der Waals surface area contributed by atoms with Gasteiger partial charge in [-0.25, -0.2) is 19.4 Å². The number of esters is 6. The van der Waals surface area contributed by atoms with Gasteiger partial charge in [0, 0.05) is 12.3 Å². The molecule has 0 unspecified atom stereocenters. The first-order chi connectivity index (χ1) is 59.5. The van der Waals surface area contributed by atoms with Gasteiger partial charge in [0.05, 0.1) is 66.4 Å². The summed E-state index contributed by atoms with van der Waals surface area (Å²) in [6, 6.07) is 19.0. The number of amides is 4. The number of cyclic esters (lactones) is 2. The van der Waals surface area contributed by atoms with Gasteiger partial charge in [0.25, 0.3) is 0 Å². The average molecular weight is 1900 g/mol. The van der Waals surface area contributed by atoms with E-state index in [0.29, 0.717) is 83.2 Å². The van der Waals surface area contributed by atoms with E-state index in [9.17, 15) is 82.4 Å². The fourth-order valence-corrected chi connectivity index (χ4v) is 13.6. The third-order valence-corrected chi connectivity index (χ3v) is 19.0. The average Bonchev–Trinajstić information content (AvgIpc) is 1.65. The van der Waals surface area contributed by atoms with Gasteiger partial charge < -0.3 is 58.3 Å². The van der Waals surface area contributed by atoms with Gasteiger partial charge in [-0.3, -0.25) is 57.5 Å². The Morgan fingerprint density at radius 3 is 0.969 bits per heavy atom. The number of imide groups is 2. The molecule has 4 rings (SSSR count). The highest BCUT2D eigenvalue weighted by molar-refractivity contribution is 9.09. The van der Waals surface area contributed by atoms with Crippen molar-refractivity contribution in [2.75, 3.05) is 18.5 Å². The van der Waals surface area contributed by atoms with Crippen molar-refractivity contribution in [3.05, 3.63) is 97.1 Å². The van der Waals surface area contributed by atoms with Crippen LogP contribution in [0.15, 0.2) is 86.0 Å². The second kappa shape index (κ2) is 60.9. The lowest BCUT2D eigenvalue weighted by molar-refractivity contribution is -0.167. The van der Waals surface area contributed by atoms with Gasteiger partial charge in [-0.05, 0) is 242 Å². The predicted octanol–water partition coefficient (Wildman–Crippen LogP) is 21.2. The van der Waals surface area contributed by atoms with E-state index in [1.54, 1.807) is 116 Å². The third-order valence-electron chi connectivity index (χ3n) is 18.6. The third kappa shape index (κ3) is 59.4. The number of alkyl halides is 1. The van der Waals surface area contributed by atoms with Crippen molar-refractivity contribution in [2.24, 2.45) is 82.9 Å². The molecule has 4 N–H and O–H groups in total. The quantitative estimate of drug-likeness (QED) is 0.0209. The zero-order valence-electron chi connectivity index (χ0n) is 84.4. The molecule has 2 saturated heterocycles. The Kier molecular flexibility index (Phi) is 58.6. The Labute approximate surface area is 785 Å². The molecular formula is C101H165BrN2O26. The Bertz CT molecular complexity index is 3720. The molecule has 10 atom stereocenters. The maximum Gasteiger partial charge on any atom is 0.416 e. The Morgan fingerprint density at radius 1 is 0.400 bits per heavy atom. The van der Waals surface area contributed by atoms with E-state index in [1.807, 2.05) is 158 Å². The second-order valence-electron chi connectivity index (χ2n) is 41.5. The summed E-state index contributed by atoms with van der Waals surface area (Å²) in [6.07, 6.45) is 8.65. The van der Waals surface area contributed by atoms with Gasteiger partial charge in [0.15, 0.2) is 0 Å². The number of benzene rings is 2. The SMILES string of the molecule is C=CC[C@@H](C(=O)OC(C)(C)C)[C@@H](CC(C)C)C(=O)O.C=CC[C@H](C(=O)OC(C)(C)C)[C@@H](CC(C)C)C(=O)O.CC(C)(C)OC(=O)CBr.CC(C)CCC(=O)N1C(=O)OC[C@@H]1Cc1ccccc1.CC(C)C[C@H](CC(=O)OC(C)(C)C)C(=O)N1C(=O)OC[C@@H]1Cc1ccccc1.CC(C)C[C@H](CC(=O)OC(C)(C)C)C(=O)O.CCC[C@@H](C(=O)OC(C)(C)C)[C@@H](CC(C)C)C(=O)O. The molecule has 2 heterocycles. The largest absolute Gasteiger partial charge is 0.481 e. The smallest absolute Gasteiger partial charge is 0.416 e. The number of aliphatic carboxylic acids is 4. The summed E-state index contributed by atoms with van der Waals surface area (Å²) in [6.45, 7) is 65.5. The van der Waals surface area contributed by atoms with Crippen LogP contribution in [0.3, 0.4) is 0 Å². The lowest BCUT2D eigenvalue weighted by Gasteiger charge is -2.27. The molecule has 2 aromatic carbocycles. The molecule has 2 aromatic rings. The summed E-state index contributed by atoms with van der Waals surface area (Å²) in [4.78, 5) is 168. The van der Waals surface area contributed by atoms with Crippen molar-refractivity contribution >= 4 is 99.6 Å². The van der Waals surface area contributed by atoms with E-state index >= 15 is 0 Å². The first kappa shape index (κ1) is 125. The number of ether oxygens (including phenoxy) is 8. The topological polar surface area (TPSA) is 400 Å². The van der Waals surface area contributed by atoms with Crippen LogP contribution in [0, 0.1) is 82.9 Å². The van der Waals surface area contributed by atoms with Crippen molar-refractivity contribution in [1.82, 2.24) is 9.80 Å². The number of nitrogens with zero attached hydrogens (tertiary/aromatic N) is 2. The zero-order chi connectivity index (χ0) is 101. The summed E-state index contributed by atoms with van der Waals surface area (Å²) in [5, 5.41) is 37.2. The van der Waals surface area contributed by atoms with Gasteiger partial charge in [0.1, 0.15) is 52.2 Å². The first-order valence-corrected chi connectivity index (χ1v) is 46.7. The van der Waals surface area contributed by atoms with Crippen LogP contribution in [0.4, 0.5) is 9.59 Å². The highest BCUT2D eigenvalue weighted by Gasteiger charge is 2.44. The van der Waals surface area contributed by atoms with Crippen LogP contribution in [-0.4, -0.2) is 178 Å². The molecule has 0 aromatic heterocycles. The summed E-state index contributed by atoms with van der Waals surface area (Å²) in [5.74, 6) is -10.3. The van der Waals surface area contributed by atoms with E-state index in [0.717, 1.165) is 24.0 Å². The first-order valence-electron chi connectivity index (χ1n) is 45.6. The molecule has 0 aliphatic carbocycles. The minimum Gasteiger partial charge on any atom is -0.481 e. The van der Waals surface area contributed by atoms with Crippen molar-refractivity contribution < 1.29 is 125 Å². The van der Waals surface area contributed by atoms with Crippen LogP contribution < -0.4 is 0 Å². The summed E-state index contributed by atoms with van der Waals surface area (Å²) in [5.41, 5.74) is -1.21. The maximum absolute atomic E-state index is 13.2. The molecule has 4 amide bonds. The molecule has 29 heteroatoms. The second-order valence-corrected chi connectivity index (χ2v) is 42.1. The highest BCUT2D eigenvalue weighted by Crippen LogP contribution is 2.33. The number of rotatable bonds is 39. The lowest BCUT2D eigenvalue weighted by Crippen LogP contribution is -2.44. The fraction of sp³-hybridized carbons (Fsp3) is 0.703. The standard InChI is InChI=1S/C22H31NO5.C16H21NO3.C15H28O4.2C15H26O4.C12H22O4.C6H11BrO2/c1-15(2)11-17(13-19(24)28-22(3,4)5)20(25)23-18(14-27-21(23)26)12-16-9-7-6-8-10-16;1-12(2)8-9-15(18)17-14(11-20-16(17)19)10-13-6-4-3-5-7-13;3*1-7-8-11(14(18)19-15(4,5)6)12(13(16)17)9-10(2)3;1-8(2)6-9(11(14)15)7-10(13)16-12(3,4)5;1-6(2,3)9-5(8)4-7/h6-10,15,17-18H,11-14H2,1-5H3;3-7,12,14H,8-11H2,1-2H3;10-12H,7-9H2,1-6H3,(H,16,17);2*7,10-12H,1,8-9H2,2-6H3,(H,16,17);8-9H,6-7H2,1-5H3,(H,14,15);4H2,1-3H3/t17-,18+;14-;11-,12-;11-,12+;11-,12-;9-;/m101011./s1. The van der Waals surface area contributed by atoms with E-state index in [1.165, 1.54) is 9.80 Å². The number of allylic oxidation sites excluding steroid dienone is 2. The molecule has 742 valence electrons. The van der Waals surface area contributed by atoms with Gasteiger partial charge in [-0.1, -0.05) is 185 Å². The van der Waals surface area contributed by atoms with Gasteiger partial charge >= 0.3 is 71.9 Å². The number of hydrogen-bond acceptors (Lipinski definition) is 22. The molecule has 0 bridgehead atoms. The van der Waals surface area contributed by atoms with E-state index in [4.69, 9.17) is 43.0 Å². The van der Waals surface area contributed by atoms with E-state index < -0.39 is 135 Å². The molecular weight excluding hydrogens is 1740 g/mol. The highest BCUT2D eigenvalue weighted by atomic mass is 79.9. The number of halogens is 1. The number of carboxylic acid groups (broad SMARTS) is 4. The van der Waals surface area contributed by atoms with Crippen LogP contribution in [-0.2, 0) is 108 Å². The van der Waals surface area contributed by atoms with Gasteiger partial charge in [-0.15, -0.1) is 13.2 Å². The van der Waals surface area contributed by atoms with Gasteiger partial charge in [0.2, 0.25) is 11.8 Å². The van der Waals surface area contributed by atoms with Crippen LogP contribution in [0.1, 0.15) is 309 Å². The molecule has 0 saturated carbocycles. The minimum atomic E-state index is -0.952. The molecule has 0 radical (unpaired) electrons. The Hall–Kier alpha value is -9.02. The summed E-state index contributed by atoms with van der Waals surface area (Å²) >= 11 is 2.99. The van der Waals surface area contributed by atoms with Crippen molar-refractivity contribution in [3.8, 4) is 0 Å². The number of carbonyl (C=O) groups excluding carboxylic acids is 10. The maximum atomic E-state index is 13.2. The van der Waals surface area contributed by atoms with Gasteiger partial charge in [-0.2, -0.15) is 0 Å². The molecule has 28 nitrogen and oxygen atoms in total. The fourth-order valence-electron chi connectivity index (χ4n) is 13.5. The van der Waals surface area contributed by atoms with Crippen molar-refractivity contribution in [1.29, 1.82) is 0 Å². The molecule has 0 spiro atoms. The van der Waals surface area contributed by atoms with E-state index in [2.05, 4.69) is 42.9 Å². The molecule has 2 aliphatic rings. The van der Waals surface area contributed by atoms with Crippen molar-refractivity contribution in [2.45, 2.75) is 357 Å². The van der Waals surface area contributed by atoms with Crippen LogP contribution in [0.5, 0.6) is 0 Å². The molecule has 2 fully saturated rings. The van der Waals surface area contributed by atoms with Crippen molar-refractivity contribution in [3.63, 3.8) is 0 Å². The number of carboxylic acids is 4. The predicted molar refractivity (Wildman–Crippen MR) is 507 cm³/mol. The number of carbonyl (C=O) groups is 14. The van der Waals surface area contributed by atoms with Crippen LogP contribution >= 0.6 is 15.9 Å². The number of hydrogen-bond donors (Lipinski definition) is 4. The lowest BCUT2D eigenvalue weighted by atomic mass is 9.82.